The summed E-state index contributed by atoms with van der Waals surface area (Å²) in [6, 6.07) is 9.85. The van der Waals surface area contributed by atoms with Crippen LogP contribution in [-0.4, -0.2) is 32.2 Å². The van der Waals surface area contributed by atoms with Gasteiger partial charge >= 0.3 is 0 Å². The molecule has 1 fully saturated rings. The van der Waals surface area contributed by atoms with Crippen LogP contribution in [0.15, 0.2) is 41.1 Å². The molecule has 0 unspecified atom stereocenters. The summed E-state index contributed by atoms with van der Waals surface area (Å²) in [5, 5.41) is 6.67. The average Bonchev–Trinajstić information content (AvgIpc) is 3.10. The normalized spacial score (nSPS) is 18.2. The number of piperidine rings is 1. The van der Waals surface area contributed by atoms with Crippen molar-refractivity contribution < 1.29 is 9.53 Å². The minimum absolute atomic E-state index is 0.0635. The van der Waals surface area contributed by atoms with Crippen molar-refractivity contribution in [3.63, 3.8) is 0 Å². The van der Waals surface area contributed by atoms with Crippen molar-refractivity contribution in [2.75, 3.05) is 30.4 Å². The molecule has 1 aliphatic rings. The van der Waals surface area contributed by atoms with Crippen LogP contribution < -0.4 is 10.2 Å². The van der Waals surface area contributed by atoms with Crippen molar-refractivity contribution in [3.8, 4) is 0 Å². The van der Waals surface area contributed by atoms with Crippen molar-refractivity contribution in [2.24, 2.45) is 0 Å². The van der Waals surface area contributed by atoms with E-state index in [2.05, 4.69) is 22.3 Å². The maximum absolute atomic E-state index is 12.0. The van der Waals surface area contributed by atoms with Gasteiger partial charge in [0, 0.05) is 37.0 Å². The first-order valence-electron chi connectivity index (χ1n) is 7.47. The van der Waals surface area contributed by atoms with Crippen molar-refractivity contribution >= 4 is 28.6 Å². The summed E-state index contributed by atoms with van der Waals surface area (Å²) in [4.78, 5) is 14.3. The molecule has 22 heavy (non-hydrogen) atoms. The van der Waals surface area contributed by atoms with E-state index >= 15 is 0 Å². The number of carbonyl (C=O) groups excluding carboxylic acids is 1. The highest BCUT2D eigenvalue weighted by Gasteiger charge is 2.19. The van der Waals surface area contributed by atoms with Crippen LogP contribution in [0.4, 0.5) is 11.4 Å². The Bertz CT molecular complexity index is 610. The van der Waals surface area contributed by atoms with Gasteiger partial charge in [0.1, 0.15) is 0 Å². The Hall–Kier alpha value is -1.85. The van der Waals surface area contributed by atoms with Gasteiger partial charge in [-0.3, -0.25) is 4.79 Å². The molecule has 5 heteroatoms. The van der Waals surface area contributed by atoms with Crippen LogP contribution in [0, 0.1) is 0 Å². The predicted molar refractivity (Wildman–Crippen MR) is 91.0 cm³/mol. The zero-order valence-corrected chi connectivity index (χ0v) is 13.4. The minimum atomic E-state index is -0.0635. The van der Waals surface area contributed by atoms with E-state index in [9.17, 15) is 4.79 Å². The molecule has 0 radical (unpaired) electrons. The van der Waals surface area contributed by atoms with Crippen LogP contribution >= 0.6 is 11.3 Å². The van der Waals surface area contributed by atoms with E-state index in [0.29, 0.717) is 11.7 Å². The Kier molecular flexibility index (Phi) is 4.75. The lowest BCUT2D eigenvalue weighted by Crippen LogP contribution is -2.39. The molecule has 1 atom stereocenters. The number of carbonyl (C=O) groups is 1. The van der Waals surface area contributed by atoms with Crippen LogP contribution in [0.2, 0.25) is 0 Å². The first-order chi connectivity index (χ1) is 10.8. The van der Waals surface area contributed by atoms with Crippen molar-refractivity contribution in [3.05, 3.63) is 46.7 Å². The maximum Gasteiger partial charge on any atom is 0.256 e. The van der Waals surface area contributed by atoms with Gasteiger partial charge in [0.05, 0.1) is 11.7 Å². The van der Waals surface area contributed by atoms with Gasteiger partial charge in [-0.2, -0.15) is 11.3 Å². The Labute approximate surface area is 134 Å². The number of anilines is 2. The minimum Gasteiger partial charge on any atom is -0.380 e. The number of hydrogen-bond donors (Lipinski definition) is 1. The van der Waals surface area contributed by atoms with Crippen molar-refractivity contribution in [1.82, 2.24) is 0 Å². The molecule has 0 spiro atoms. The highest BCUT2D eigenvalue weighted by molar-refractivity contribution is 7.08. The summed E-state index contributed by atoms with van der Waals surface area (Å²) in [7, 11) is 1.78. The summed E-state index contributed by atoms with van der Waals surface area (Å²) >= 11 is 1.52. The molecule has 0 aliphatic carbocycles. The van der Waals surface area contributed by atoms with Gasteiger partial charge < -0.3 is 15.0 Å². The SMILES string of the molecule is CO[C@@H]1CCCN(c2ccc(NC(=O)c3ccsc3)cc2)C1. The number of rotatable bonds is 4. The summed E-state index contributed by atoms with van der Waals surface area (Å²) in [5.74, 6) is -0.0635. The fourth-order valence-corrected chi connectivity index (χ4v) is 3.35. The molecule has 1 saturated heterocycles. The second kappa shape index (κ2) is 6.94. The Morgan fingerprint density at radius 3 is 2.82 bits per heavy atom. The number of nitrogens with zero attached hydrogens (tertiary/aromatic N) is 1. The highest BCUT2D eigenvalue weighted by atomic mass is 32.1. The maximum atomic E-state index is 12.0. The van der Waals surface area contributed by atoms with E-state index in [1.807, 2.05) is 29.0 Å². The Morgan fingerprint density at radius 2 is 2.14 bits per heavy atom. The fourth-order valence-electron chi connectivity index (χ4n) is 2.72. The van der Waals surface area contributed by atoms with E-state index in [-0.39, 0.29) is 5.91 Å². The van der Waals surface area contributed by atoms with Crippen LogP contribution in [0.3, 0.4) is 0 Å². The number of ether oxygens (including phenoxy) is 1. The van der Waals surface area contributed by atoms with Gasteiger partial charge in [-0.25, -0.2) is 0 Å². The zero-order chi connectivity index (χ0) is 15.4. The third kappa shape index (κ3) is 3.48. The largest absolute Gasteiger partial charge is 0.380 e. The topological polar surface area (TPSA) is 41.6 Å². The molecule has 1 aromatic carbocycles. The first-order valence-corrected chi connectivity index (χ1v) is 8.42. The number of nitrogens with one attached hydrogen (secondary N) is 1. The average molecular weight is 316 g/mol. The second-order valence-corrected chi connectivity index (χ2v) is 6.24. The van der Waals surface area contributed by atoms with Crippen LogP contribution in [-0.2, 0) is 4.74 Å². The number of benzene rings is 1. The van der Waals surface area contributed by atoms with Crippen LogP contribution in [0.5, 0.6) is 0 Å². The van der Waals surface area contributed by atoms with Crippen molar-refractivity contribution in [2.45, 2.75) is 18.9 Å². The van der Waals surface area contributed by atoms with Crippen LogP contribution in [0.1, 0.15) is 23.2 Å². The molecule has 1 aromatic heterocycles. The molecule has 0 bridgehead atoms. The fraction of sp³-hybridized carbons (Fsp3) is 0.353. The zero-order valence-electron chi connectivity index (χ0n) is 12.6. The molecule has 1 amide bonds. The quantitative estimate of drug-likeness (QED) is 0.937. The third-order valence-corrected chi connectivity index (χ3v) is 4.67. The molecule has 2 aromatic rings. The lowest BCUT2D eigenvalue weighted by Gasteiger charge is -2.33. The number of amides is 1. The molecule has 4 nitrogen and oxygen atoms in total. The van der Waals surface area contributed by atoms with Crippen LogP contribution in [0.25, 0.3) is 0 Å². The summed E-state index contributed by atoms with van der Waals surface area (Å²) in [6.45, 7) is 1.98. The molecular weight excluding hydrogens is 296 g/mol. The smallest absolute Gasteiger partial charge is 0.256 e. The Morgan fingerprint density at radius 1 is 1.32 bits per heavy atom. The number of hydrogen-bond acceptors (Lipinski definition) is 4. The highest BCUT2D eigenvalue weighted by Crippen LogP contribution is 2.23. The molecule has 2 heterocycles. The predicted octanol–water partition coefficient (Wildman–Crippen LogP) is 3.62. The van der Waals surface area contributed by atoms with E-state index in [1.54, 1.807) is 7.11 Å². The molecule has 1 N–H and O–H groups in total. The first kappa shape index (κ1) is 15.1. The molecule has 0 saturated carbocycles. The van der Waals surface area contributed by atoms with Gasteiger partial charge in [0.25, 0.3) is 5.91 Å². The van der Waals surface area contributed by atoms with Gasteiger partial charge in [-0.1, -0.05) is 0 Å². The molecular formula is C17H20N2O2S. The monoisotopic (exact) mass is 316 g/mol. The van der Waals surface area contributed by atoms with E-state index in [1.165, 1.54) is 17.0 Å². The van der Waals surface area contributed by atoms with Gasteiger partial charge in [0.2, 0.25) is 0 Å². The summed E-state index contributed by atoms with van der Waals surface area (Å²) in [6.07, 6.45) is 2.59. The van der Waals surface area contributed by atoms with E-state index in [4.69, 9.17) is 4.74 Å². The van der Waals surface area contributed by atoms with E-state index < -0.39 is 0 Å². The molecule has 3 rings (SSSR count). The van der Waals surface area contributed by atoms with Gasteiger partial charge in [-0.15, -0.1) is 0 Å². The van der Waals surface area contributed by atoms with Crippen molar-refractivity contribution in [1.29, 1.82) is 0 Å². The number of thiophene rings is 1. The second-order valence-electron chi connectivity index (χ2n) is 5.46. The third-order valence-electron chi connectivity index (χ3n) is 3.99. The van der Waals surface area contributed by atoms with Gasteiger partial charge in [0.15, 0.2) is 0 Å². The molecule has 1 aliphatic heterocycles. The van der Waals surface area contributed by atoms with E-state index in [0.717, 1.165) is 31.6 Å². The lowest BCUT2D eigenvalue weighted by molar-refractivity contribution is 0.0893. The Balaban J connectivity index is 1.64. The summed E-state index contributed by atoms with van der Waals surface area (Å²) in [5.41, 5.74) is 2.70. The number of methoxy groups -OCH3 is 1. The standard InChI is InChI=1S/C17H20N2O2S/c1-21-16-3-2-9-19(11-16)15-6-4-14(5-7-15)18-17(20)13-8-10-22-12-13/h4-8,10,12,16H,2-3,9,11H2,1H3,(H,18,20)/t16-/m1/s1. The lowest BCUT2D eigenvalue weighted by atomic mass is 10.1. The summed E-state index contributed by atoms with van der Waals surface area (Å²) < 4.78 is 5.46. The van der Waals surface area contributed by atoms with Gasteiger partial charge in [-0.05, 0) is 48.6 Å². The molecule has 116 valence electrons.